The molecule has 7 heteroatoms. The normalized spacial score (nSPS) is 13.9. The summed E-state index contributed by atoms with van der Waals surface area (Å²) in [5, 5.41) is 0. The minimum absolute atomic E-state index is 0.0655. The van der Waals surface area contributed by atoms with E-state index in [-0.39, 0.29) is 40.8 Å². The fourth-order valence-corrected chi connectivity index (χ4v) is 3.15. The van der Waals surface area contributed by atoms with Gasteiger partial charge in [0.25, 0.3) is 0 Å². The zero-order valence-corrected chi connectivity index (χ0v) is 14.2. The van der Waals surface area contributed by atoms with Crippen molar-refractivity contribution in [1.29, 1.82) is 0 Å². The van der Waals surface area contributed by atoms with Gasteiger partial charge in [-0.2, -0.15) is 0 Å². The second-order valence-electron chi connectivity index (χ2n) is 6.35. The van der Waals surface area contributed by atoms with E-state index in [0.29, 0.717) is 5.52 Å². The van der Waals surface area contributed by atoms with Crippen molar-refractivity contribution in [3.63, 3.8) is 0 Å². The molecule has 0 atom stereocenters. The number of benzene rings is 2. The zero-order chi connectivity index (χ0) is 18.4. The van der Waals surface area contributed by atoms with Crippen molar-refractivity contribution in [2.24, 2.45) is 0 Å². The van der Waals surface area contributed by atoms with E-state index in [0.717, 1.165) is 12.8 Å². The Morgan fingerprint density at radius 2 is 2.00 bits per heavy atom. The molecule has 26 heavy (non-hydrogen) atoms. The maximum absolute atomic E-state index is 14.7. The van der Waals surface area contributed by atoms with Crippen LogP contribution in [0.2, 0.25) is 0 Å². The number of nitrogens with two attached hydrogens (primary N) is 1. The number of para-hydroxylation sites is 2. The molecule has 6 nitrogen and oxygen atoms in total. The van der Waals surface area contributed by atoms with Crippen LogP contribution in [-0.2, 0) is 4.79 Å². The number of anilines is 1. The first kappa shape index (κ1) is 16.4. The van der Waals surface area contributed by atoms with Crippen LogP contribution in [0.1, 0.15) is 32.2 Å². The summed E-state index contributed by atoms with van der Waals surface area (Å²) in [6.45, 7) is 1.66. The van der Waals surface area contributed by atoms with E-state index < -0.39 is 11.8 Å². The van der Waals surface area contributed by atoms with Gasteiger partial charge < -0.3 is 10.5 Å². The molecule has 1 saturated carbocycles. The molecule has 1 fully saturated rings. The third-order valence-electron chi connectivity index (χ3n) is 4.53. The van der Waals surface area contributed by atoms with Gasteiger partial charge in [-0.3, -0.25) is 13.9 Å². The molecule has 1 aliphatic rings. The first-order valence-corrected chi connectivity index (χ1v) is 8.54. The van der Waals surface area contributed by atoms with Crippen LogP contribution in [0.25, 0.3) is 16.7 Å². The number of nitrogen functional groups attached to an aromatic ring is 1. The van der Waals surface area contributed by atoms with E-state index >= 15 is 0 Å². The standard InChI is InChI=1S/C19H18FN3O3/c1-2-16(24)26-18-13(21)6-4-8-15(18)23-17-12(20)5-3-7-14(17)22(19(23)25)11-9-10-11/h3-8,11H,2,9-10,21H2,1H3. The Kier molecular flexibility index (Phi) is 3.79. The summed E-state index contributed by atoms with van der Waals surface area (Å²) in [5.74, 6) is -0.933. The van der Waals surface area contributed by atoms with Gasteiger partial charge in [-0.05, 0) is 37.1 Å². The second kappa shape index (κ2) is 6.01. The van der Waals surface area contributed by atoms with Crippen molar-refractivity contribution in [1.82, 2.24) is 9.13 Å². The molecule has 2 N–H and O–H groups in total. The Hall–Kier alpha value is -3.09. The molecule has 0 saturated heterocycles. The molecule has 0 bridgehead atoms. The Balaban J connectivity index is 2.05. The summed E-state index contributed by atoms with van der Waals surface area (Å²) in [7, 11) is 0. The van der Waals surface area contributed by atoms with Crippen LogP contribution >= 0.6 is 0 Å². The van der Waals surface area contributed by atoms with E-state index in [1.165, 1.54) is 10.6 Å². The average Bonchev–Trinajstić information content (AvgIpc) is 3.40. The molecule has 0 radical (unpaired) electrons. The van der Waals surface area contributed by atoms with E-state index in [4.69, 9.17) is 10.5 Å². The Bertz CT molecular complexity index is 1080. The van der Waals surface area contributed by atoms with Gasteiger partial charge in [0.05, 0.1) is 16.9 Å². The highest BCUT2D eigenvalue weighted by Gasteiger charge is 2.31. The number of nitrogens with zero attached hydrogens (tertiary/aromatic N) is 2. The molecule has 4 rings (SSSR count). The van der Waals surface area contributed by atoms with Gasteiger partial charge in [0.2, 0.25) is 0 Å². The van der Waals surface area contributed by atoms with E-state index in [1.54, 1.807) is 41.8 Å². The number of hydrogen-bond donors (Lipinski definition) is 1. The maximum Gasteiger partial charge on any atom is 0.334 e. The molecule has 134 valence electrons. The summed E-state index contributed by atoms with van der Waals surface area (Å²) in [5.41, 5.74) is 6.75. The third-order valence-corrected chi connectivity index (χ3v) is 4.53. The van der Waals surface area contributed by atoms with Crippen molar-refractivity contribution in [2.75, 3.05) is 5.73 Å². The van der Waals surface area contributed by atoms with E-state index in [2.05, 4.69) is 0 Å². The summed E-state index contributed by atoms with van der Waals surface area (Å²) in [6.07, 6.45) is 1.91. The second-order valence-corrected chi connectivity index (χ2v) is 6.35. The van der Waals surface area contributed by atoms with E-state index in [1.807, 2.05) is 0 Å². The predicted molar refractivity (Wildman–Crippen MR) is 96.1 cm³/mol. The third kappa shape index (κ3) is 2.47. The molecule has 0 spiro atoms. The number of rotatable bonds is 4. The predicted octanol–water partition coefficient (Wildman–Crippen LogP) is 3.16. The smallest absolute Gasteiger partial charge is 0.334 e. The van der Waals surface area contributed by atoms with Crippen molar-refractivity contribution in [3.8, 4) is 11.4 Å². The van der Waals surface area contributed by atoms with E-state index in [9.17, 15) is 14.0 Å². The summed E-state index contributed by atoms with van der Waals surface area (Å²) in [6, 6.07) is 9.48. The Labute approximate surface area is 148 Å². The van der Waals surface area contributed by atoms with Crippen molar-refractivity contribution >= 4 is 22.7 Å². The summed E-state index contributed by atoms with van der Waals surface area (Å²) >= 11 is 0. The fourth-order valence-electron chi connectivity index (χ4n) is 3.15. The molecule has 0 aliphatic heterocycles. The van der Waals surface area contributed by atoms with Gasteiger partial charge in [0, 0.05) is 12.5 Å². The molecule has 1 aliphatic carbocycles. The molecular formula is C19H18FN3O3. The molecule has 1 heterocycles. The summed E-state index contributed by atoms with van der Waals surface area (Å²) in [4.78, 5) is 24.9. The van der Waals surface area contributed by atoms with Crippen LogP contribution in [0.3, 0.4) is 0 Å². The molecule has 1 aromatic heterocycles. The average molecular weight is 355 g/mol. The Morgan fingerprint density at radius 3 is 2.69 bits per heavy atom. The Morgan fingerprint density at radius 1 is 1.27 bits per heavy atom. The number of hydrogen-bond acceptors (Lipinski definition) is 4. The number of carbonyl (C=O) groups is 1. The van der Waals surface area contributed by atoms with Gasteiger partial charge in [0.1, 0.15) is 11.3 Å². The van der Waals surface area contributed by atoms with Crippen LogP contribution in [0.15, 0.2) is 41.2 Å². The van der Waals surface area contributed by atoms with Crippen molar-refractivity contribution in [3.05, 3.63) is 52.7 Å². The lowest BCUT2D eigenvalue weighted by molar-refractivity contribution is -0.133. The number of carbonyl (C=O) groups excluding carboxylic acids is 1. The fraction of sp³-hybridized carbons (Fsp3) is 0.263. The molecule has 0 unspecified atom stereocenters. The molecule has 0 amide bonds. The molecule has 3 aromatic rings. The lowest BCUT2D eigenvalue weighted by atomic mass is 10.2. The van der Waals surface area contributed by atoms with Crippen LogP contribution in [0, 0.1) is 5.82 Å². The first-order valence-electron chi connectivity index (χ1n) is 8.54. The number of aromatic nitrogens is 2. The maximum atomic E-state index is 14.7. The lowest BCUT2D eigenvalue weighted by Gasteiger charge is -2.13. The highest BCUT2D eigenvalue weighted by atomic mass is 19.1. The number of imidazole rings is 1. The van der Waals surface area contributed by atoms with Crippen molar-refractivity contribution < 1.29 is 13.9 Å². The number of ether oxygens (including phenoxy) is 1. The van der Waals surface area contributed by atoms with Crippen LogP contribution < -0.4 is 16.2 Å². The molecule has 2 aromatic carbocycles. The minimum Gasteiger partial charge on any atom is -0.422 e. The van der Waals surface area contributed by atoms with Gasteiger partial charge in [0.15, 0.2) is 5.75 Å². The number of halogens is 1. The summed E-state index contributed by atoms with van der Waals surface area (Å²) < 4.78 is 22.9. The highest BCUT2D eigenvalue weighted by Crippen LogP contribution is 2.38. The number of fused-ring (bicyclic) bond motifs is 1. The zero-order valence-electron chi connectivity index (χ0n) is 14.2. The first-order chi connectivity index (χ1) is 12.5. The van der Waals surface area contributed by atoms with Crippen LogP contribution in [0.4, 0.5) is 10.1 Å². The van der Waals surface area contributed by atoms with Crippen molar-refractivity contribution in [2.45, 2.75) is 32.2 Å². The molecular weight excluding hydrogens is 337 g/mol. The quantitative estimate of drug-likeness (QED) is 0.443. The highest BCUT2D eigenvalue weighted by molar-refractivity contribution is 5.82. The number of esters is 1. The van der Waals surface area contributed by atoms with Gasteiger partial charge >= 0.3 is 11.7 Å². The monoisotopic (exact) mass is 355 g/mol. The van der Waals surface area contributed by atoms with Gasteiger partial charge in [-0.15, -0.1) is 0 Å². The lowest BCUT2D eigenvalue weighted by Crippen LogP contribution is -2.23. The SMILES string of the molecule is CCC(=O)Oc1c(N)cccc1-n1c(=O)n(C2CC2)c2cccc(F)c21. The van der Waals surface area contributed by atoms with Crippen LogP contribution in [0.5, 0.6) is 5.75 Å². The van der Waals surface area contributed by atoms with Gasteiger partial charge in [-0.1, -0.05) is 19.1 Å². The minimum atomic E-state index is -0.519. The van der Waals surface area contributed by atoms with Gasteiger partial charge in [-0.25, -0.2) is 9.18 Å². The topological polar surface area (TPSA) is 79.2 Å². The largest absolute Gasteiger partial charge is 0.422 e. The van der Waals surface area contributed by atoms with Crippen LogP contribution in [-0.4, -0.2) is 15.1 Å².